The van der Waals surface area contributed by atoms with Gasteiger partial charge in [-0.05, 0) is 47.4 Å². The summed E-state index contributed by atoms with van der Waals surface area (Å²) in [6, 6.07) is 19.9. The Morgan fingerprint density at radius 2 is 1.81 bits per heavy atom. The Balaban J connectivity index is 1.42. The first-order chi connectivity index (χ1) is 17.9. The number of carbonyl (C=O) groups excluding carboxylic acids is 2. The average Bonchev–Trinajstić information content (AvgIpc) is 3.55. The van der Waals surface area contributed by atoms with Crippen molar-refractivity contribution in [1.82, 2.24) is 20.2 Å². The van der Waals surface area contributed by atoms with Crippen LogP contribution in [-0.2, 0) is 4.79 Å². The third-order valence-corrected chi connectivity index (χ3v) is 7.27. The van der Waals surface area contributed by atoms with Gasteiger partial charge < -0.3 is 24.7 Å². The van der Waals surface area contributed by atoms with Crippen LogP contribution in [0.3, 0.4) is 0 Å². The third kappa shape index (κ3) is 3.89. The molecule has 188 valence electrons. The number of likely N-dealkylation sites (N-methyl/N-ethyl adjacent to an activating group) is 1. The predicted octanol–water partition coefficient (Wildman–Crippen LogP) is 4.72. The molecule has 2 N–H and O–H groups in total. The SMILES string of the molecule is CC(C)[C@H](NC(=O)[C@H]1c2ccccc2C(=O)N(C)[C@@H]1c1ccc2c(c1)OCO2)c1nc2ccccc2[nH]1. The van der Waals surface area contributed by atoms with Gasteiger partial charge in [0.05, 0.1) is 29.0 Å². The molecule has 37 heavy (non-hydrogen) atoms. The second-order valence-electron chi connectivity index (χ2n) is 9.91. The molecule has 0 spiro atoms. The van der Waals surface area contributed by atoms with Crippen molar-refractivity contribution in [2.75, 3.05) is 13.8 Å². The van der Waals surface area contributed by atoms with Crippen LogP contribution in [0.25, 0.3) is 11.0 Å². The Bertz CT molecular complexity index is 1480. The fraction of sp³-hybridized carbons (Fsp3) is 0.276. The second kappa shape index (κ2) is 8.96. The molecular formula is C29H28N4O4. The Kier molecular flexibility index (Phi) is 5.59. The molecule has 2 aliphatic rings. The zero-order chi connectivity index (χ0) is 25.7. The van der Waals surface area contributed by atoms with Crippen molar-refractivity contribution in [3.63, 3.8) is 0 Å². The minimum atomic E-state index is -0.634. The summed E-state index contributed by atoms with van der Waals surface area (Å²) in [6.45, 7) is 4.26. The van der Waals surface area contributed by atoms with Crippen molar-refractivity contribution in [2.24, 2.45) is 5.92 Å². The number of aromatic amines is 1. The molecule has 0 aliphatic carbocycles. The number of para-hydroxylation sites is 2. The molecule has 0 saturated heterocycles. The van der Waals surface area contributed by atoms with E-state index in [9.17, 15) is 9.59 Å². The number of hydrogen-bond donors (Lipinski definition) is 2. The highest BCUT2D eigenvalue weighted by Crippen LogP contribution is 2.45. The Morgan fingerprint density at radius 3 is 2.62 bits per heavy atom. The number of H-pyrrole nitrogens is 1. The zero-order valence-electron chi connectivity index (χ0n) is 20.9. The maximum absolute atomic E-state index is 14.2. The largest absolute Gasteiger partial charge is 0.454 e. The molecule has 0 bridgehead atoms. The summed E-state index contributed by atoms with van der Waals surface area (Å²) in [5, 5.41) is 3.27. The number of nitrogens with one attached hydrogen (secondary N) is 2. The van der Waals surface area contributed by atoms with Crippen LogP contribution < -0.4 is 14.8 Å². The molecule has 3 heterocycles. The van der Waals surface area contributed by atoms with Gasteiger partial charge in [0.2, 0.25) is 12.7 Å². The number of hydrogen-bond acceptors (Lipinski definition) is 5. The molecular weight excluding hydrogens is 468 g/mol. The molecule has 2 amide bonds. The van der Waals surface area contributed by atoms with Crippen LogP contribution >= 0.6 is 0 Å². The number of aromatic nitrogens is 2. The van der Waals surface area contributed by atoms with E-state index in [4.69, 9.17) is 14.5 Å². The lowest BCUT2D eigenvalue weighted by Gasteiger charge is -2.40. The van der Waals surface area contributed by atoms with E-state index in [1.807, 2.05) is 60.7 Å². The number of rotatable bonds is 5. The molecule has 6 rings (SSSR count). The summed E-state index contributed by atoms with van der Waals surface area (Å²) in [6.07, 6.45) is 0. The van der Waals surface area contributed by atoms with Gasteiger partial charge in [-0.25, -0.2) is 4.98 Å². The number of carbonyl (C=O) groups is 2. The summed E-state index contributed by atoms with van der Waals surface area (Å²) in [5.74, 6) is 1.11. The molecule has 3 aromatic carbocycles. The Morgan fingerprint density at radius 1 is 1.05 bits per heavy atom. The standard InChI is InChI=1S/C29H28N4O4/c1-16(2)25(27-30-20-10-6-7-11-21(20)31-27)32-28(34)24-18-8-4-5-9-19(18)29(35)33(3)26(24)17-12-13-22-23(14-17)37-15-36-22/h4-14,16,24-26H,15H2,1-3H3,(H,30,31)(H,32,34)/t24-,25-,26+/m0/s1. The molecule has 0 radical (unpaired) electrons. The normalized spacial score (nSPS) is 19.2. The first kappa shape index (κ1) is 23.1. The highest BCUT2D eigenvalue weighted by Gasteiger charge is 2.43. The van der Waals surface area contributed by atoms with E-state index < -0.39 is 12.0 Å². The van der Waals surface area contributed by atoms with E-state index in [2.05, 4.69) is 24.1 Å². The number of imidazole rings is 1. The topological polar surface area (TPSA) is 96.6 Å². The predicted molar refractivity (Wildman–Crippen MR) is 138 cm³/mol. The van der Waals surface area contributed by atoms with Gasteiger partial charge in [0.1, 0.15) is 5.82 Å². The molecule has 1 aromatic heterocycles. The van der Waals surface area contributed by atoms with Gasteiger partial charge >= 0.3 is 0 Å². The van der Waals surface area contributed by atoms with Gasteiger partial charge in [0, 0.05) is 12.6 Å². The van der Waals surface area contributed by atoms with Crippen molar-refractivity contribution >= 4 is 22.8 Å². The van der Waals surface area contributed by atoms with Crippen LogP contribution in [0.4, 0.5) is 0 Å². The van der Waals surface area contributed by atoms with E-state index in [1.54, 1.807) is 18.0 Å². The van der Waals surface area contributed by atoms with E-state index in [0.717, 1.165) is 16.6 Å². The van der Waals surface area contributed by atoms with Crippen LogP contribution in [0.2, 0.25) is 0 Å². The van der Waals surface area contributed by atoms with Crippen molar-refractivity contribution in [3.05, 3.63) is 89.2 Å². The van der Waals surface area contributed by atoms with Crippen LogP contribution in [-0.4, -0.2) is 40.5 Å². The van der Waals surface area contributed by atoms with Gasteiger partial charge in [0.25, 0.3) is 5.91 Å². The maximum Gasteiger partial charge on any atom is 0.254 e. The molecule has 2 aliphatic heterocycles. The molecule has 4 aromatic rings. The van der Waals surface area contributed by atoms with Crippen LogP contribution in [0.15, 0.2) is 66.7 Å². The summed E-state index contributed by atoms with van der Waals surface area (Å²) < 4.78 is 11.1. The maximum atomic E-state index is 14.2. The van der Waals surface area contributed by atoms with Crippen molar-refractivity contribution in [1.29, 1.82) is 0 Å². The van der Waals surface area contributed by atoms with E-state index >= 15 is 0 Å². The minimum Gasteiger partial charge on any atom is -0.454 e. The van der Waals surface area contributed by atoms with Crippen molar-refractivity contribution in [2.45, 2.75) is 31.8 Å². The average molecular weight is 497 g/mol. The van der Waals surface area contributed by atoms with E-state index in [1.165, 1.54) is 0 Å². The molecule has 8 heteroatoms. The van der Waals surface area contributed by atoms with Gasteiger partial charge in [-0.2, -0.15) is 0 Å². The highest BCUT2D eigenvalue weighted by atomic mass is 16.7. The van der Waals surface area contributed by atoms with Gasteiger partial charge in [-0.15, -0.1) is 0 Å². The van der Waals surface area contributed by atoms with Crippen LogP contribution in [0.1, 0.15) is 59.2 Å². The lowest BCUT2D eigenvalue weighted by molar-refractivity contribution is -0.125. The Hall–Kier alpha value is -4.33. The highest BCUT2D eigenvalue weighted by molar-refractivity contribution is 6.01. The smallest absolute Gasteiger partial charge is 0.254 e. The third-order valence-electron chi connectivity index (χ3n) is 7.27. The monoisotopic (exact) mass is 496 g/mol. The first-order valence-corrected chi connectivity index (χ1v) is 12.4. The van der Waals surface area contributed by atoms with E-state index in [-0.39, 0.29) is 30.6 Å². The molecule has 0 saturated carbocycles. The number of ether oxygens (including phenoxy) is 2. The summed E-state index contributed by atoms with van der Waals surface area (Å²) >= 11 is 0. The van der Waals surface area contributed by atoms with Gasteiger partial charge in [0.15, 0.2) is 11.5 Å². The van der Waals surface area contributed by atoms with Crippen molar-refractivity contribution in [3.8, 4) is 11.5 Å². The summed E-state index contributed by atoms with van der Waals surface area (Å²) in [7, 11) is 1.74. The van der Waals surface area contributed by atoms with Crippen LogP contribution in [0, 0.1) is 5.92 Å². The number of fused-ring (bicyclic) bond motifs is 3. The molecule has 3 atom stereocenters. The number of benzene rings is 3. The number of amides is 2. The first-order valence-electron chi connectivity index (χ1n) is 12.4. The second-order valence-corrected chi connectivity index (χ2v) is 9.91. The van der Waals surface area contributed by atoms with Crippen molar-refractivity contribution < 1.29 is 19.1 Å². The lowest BCUT2D eigenvalue weighted by atomic mass is 9.79. The van der Waals surface area contributed by atoms with Gasteiger partial charge in [-0.3, -0.25) is 9.59 Å². The Labute approximate surface area is 214 Å². The minimum absolute atomic E-state index is 0.0756. The molecule has 0 fully saturated rings. The summed E-state index contributed by atoms with van der Waals surface area (Å²) in [4.78, 5) is 37.3. The number of nitrogens with zero attached hydrogens (tertiary/aromatic N) is 2. The lowest BCUT2D eigenvalue weighted by Crippen LogP contribution is -2.46. The molecule has 0 unspecified atom stereocenters. The summed E-state index contributed by atoms with van der Waals surface area (Å²) in [5.41, 5.74) is 3.82. The van der Waals surface area contributed by atoms with Crippen LogP contribution in [0.5, 0.6) is 11.5 Å². The molecule has 8 nitrogen and oxygen atoms in total. The zero-order valence-corrected chi connectivity index (χ0v) is 20.9. The van der Waals surface area contributed by atoms with Gasteiger partial charge in [-0.1, -0.05) is 50.2 Å². The van der Waals surface area contributed by atoms with E-state index in [0.29, 0.717) is 28.5 Å². The fourth-order valence-electron chi connectivity index (χ4n) is 5.38. The fourth-order valence-corrected chi connectivity index (χ4v) is 5.38. The quantitative estimate of drug-likeness (QED) is 0.417.